The van der Waals surface area contributed by atoms with Crippen LogP contribution in [0, 0.1) is 6.92 Å². The van der Waals surface area contributed by atoms with Crippen LogP contribution in [-0.2, 0) is 22.8 Å². The Labute approximate surface area is 162 Å². The predicted molar refractivity (Wildman–Crippen MR) is 109 cm³/mol. The van der Waals surface area contributed by atoms with Crippen molar-refractivity contribution < 1.29 is 22.8 Å². The Morgan fingerprint density at radius 3 is 1.69 bits per heavy atom. The highest BCUT2D eigenvalue weighted by Crippen LogP contribution is 2.14. The zero-order chi connectivity index (χ0) is 19.5. The number of rotatable bonds is 17. The summed E-state index contributed by atoms with van der Waals surface area (Å²) in [5.74, 6) is 0. The number of hydrogen-bond donors (Lipinski definition) is 0. The van der Waals surface area contributed by atoms with Crippen LogP contribution in [0.2, 0.25) is 0 Å². The van der Waals surface area contributed by atoms with E-state index in [0.29, 0.717) is 25.9 Å². The van der Waals surface area contributed by atoms with Crippen LogP contribution in [0.1, 0.15) is 65.7 Å². The molecular formula is C20H41O5Si. The molecule has 26 heavy (non-hydrogen) atoms. The van der Waals surface area contributed by atoms with Crippen molar-refractivity contribution in [2.24, 2.45) is 0 Å². The second-order valence-electron chi connectivity index (χ2n) is 6.30. The van der Waals surface area contributed by atoms with Crippen molar-refractivity contribution in [3.05, 3.63) is 19.2 Å². The van der Waals surface area contributed by atoms with E-state index in [1.54, 1.807) is 5.70 Å². The Morgan fingerprint density at radius 1 is 0.923 bits per heavy atom. The van der Waals surface area contributed by atoms with Gasteiger partial charge in [-0.2, -0.15) is 0 Å². The lowest BCUT2D eigenvalue weighted by Crippen LogP contribution is -2.45. The van der Waals surface area contributed by atoms with Gasteiger partial charge in [0, 0.05) is 26.4 Å². The lowest BCUT2D eigenvalue weighted by atomic mass is 10.4. The summed E-state index contributed by atoms with van der Waals surface area (Å²) >= 11 is 0. The Hall–Kier alpha value is -0.243. The first-order chi connectivity index (χ1) is 12.7. The van der Waals surface area contributed by atoms with Gasteiger partial charge in [0.15, 0.2) is 0 Å². The summed E-state index contributed by atoms with van der Waals surface area (Å²) in [6.45, 7) is 18.5. The molecule has 0 spiro atoms. The van der Waals surface area contributed by atoms with Gasteiger partial charge >= 0.3 is 8.80 Å². The lowest BCUT2D eigenvalue weighted by molar-refractivity contribution is 0.0685. The molecule has 1 radical (unpaired) electrons. The quantitative estimate of drug-likeness (QED) is 0.204. The molecule has 0 amide bonds. The molecule has 1 atom stereocenters. The summed E-state index contributed by atoms with van der Waals surface area (Å²) in [7, 11) is -2.62. The molecule has 5 nitrogen and oxygen atoms in total. The van der Waals surface area contributed by atoms with E-state index in [-0.39, 0.29) is 0 Å². The average Bonchev–Trinajstić information content (AvgIpc) is 3.47. The molecule has 0 N–H and O–H groups in total. The van der Waals surface area contributed by atoms with Gasteiger partial charge in [0.1, 0.15) is 6.10 Å². The Morgan fingerprint density at radius 2 is 1.38 bits per heavy atom. The summed E-state index contributed by atoms with van der Waals surface area (Å²) in [5, 5.41) is 0. The van der Waals surface area contributed by atoms with E-state index in [2.05, 4.69) is 34.3 Å². The highest BCUT2D eigenvalue weighted by molar-refractivity contribution is 6.66. The summed E-state index contributed by atoms with van der Waals surface area (Å²) < 4.78 is 27.7. The van der Waals surface area contributed by atoms with Gasteiger partial charge in [-0.25, -0.2) is 0 Å². The second-order valence-corrected chi connectivity index (χ2v) is 8.78. The fourth-order valence-corrected chi connectivity index (χ4v) is 3.75. The van der Waals surface area contributed by atoms with E-state index in [4.69, 9.17) is 22.8 Å². The largest absolute Gasteiger partial charge is 0.529 e. The topological polar surface area (TPSA) is 49.5 Å². The number of hydrogen-bond acceptors (Lipinski definition) is 5. The molecule has 0 bridgehead atoms. The van der Waals surface area contributed by atoms with Gasteiger partial charge in [-0.05, 0) is 31.4 Å². The molecule has 1 rings (SSSR count). The van der Waals surface area contributed by atoms with Gasteiger partial charge < -0.3 is 22.8 Å². The maximum Gasteiger partial charge on any atom is 0.529 e. The number of epoxide rings is 1. The molecule has 0 aliphatic carbocycles. The molecule has 0 saturated carbocycles. The summed E-state index contributed by atoms with van der Waals surface area (Å²) in [4.78, 5) is 0. The molecule has 155 valence electrons. The molecule has 1 aliphatic heterocycles. The molecule has 0 aromatic rings. The SMILES string of the molecule is C=C[Si](OCCCC)(OCCCC)OCCCC.[CH2]CCOCC1CO1. The van der Waals surface area contributed by atoms with Crippen LogP contribution in [0.4, 0.5) is 0 Å². The number of ether oxygens (including phenoxy) is 2. The van der Waals surface area contributed by atoms with Gasteiger partial charge in [-0.1, -0.05) is 53.5 Å². The van der Waals surface area contributed by atoms with E-state index in [0.717, 1.165) is 64.8 Å². The van der Waals surface area contributed by atoms with Crippen molar-refractivity contribution in [2.75, 3.05) is 39.6 Å². The van der Waals surface area contributed by atoms with Crippen LogP contribution in [0.25, 0.3) is 0 Å². The molecule has 1 fully saturated rings. The average molecular weight is 390 g/mol. The van der Waals surface area contributed by atoms with Crippen molar-refractivity contribution in [1.29, 1.82) is 0 Å². The van der Waals surface area contributed by atoms with Crippen molar-refractivity contribution in [1.82, 2.24) is 0 Å². The zero-order valence-electron chi connectivity index (χ0n) is 17.3. The minimum atomic E-state index is -2.62. The lowest BCUT2D eigenvalue weighted by Gasteiger charge is -2.26. The van der Waals surface area contributed by atoms with Gasteiger partial charge in [0.05, 0.1) is 13.2 Å². The zero-order valence-corrected chi connectivity index (χ0v) is 18.3. The van der Waals surface area contributed by atoms with Crippen molar-refractivity contribution >= 4 is 8.80 Å². The van der Waals surface area contributed by atoms with Crippen LogP contribution in [0.3, 0.4) is 0 Å². The molecule has 1 aliphatic rings. The van der Waals surface area contributed by atoms with Crippen molar-refractivity contribution in [2.45, 2.75) is 71.8 Å². The Bertz CT molecular complexity index is 284. The number of unbranched alkanes of at least 4 members (excludes halogenated alkanes) is 3. The minimum absolute atomic E-state index is 0.404. The Balaban J connectivity index is 0.000000642. The minimum Gasteiger partial charge on any atom is -0.379 e. The molecule has 1 heterocycles. The molecule has 1 saturated heterocycles. The molecular weight excluding hydrogens is 348 g/mol. The third-order valence-electron chi connectivity index (χ3n) is 3.65. The van der Waals surface area contributed by atoms with E-state index in [9.17, 15) is 0 Å². The summed E-state index contributed by atoms with van der Waals surface area (Å²) in [5.41, 5.74) is 1.77. The normalized spacial score (nSPS) is 16.1. The first-order valence-corrected chi connectivity index (χ1v) is 12.0. The maximum absolute atomic E-state index is 5.89. The van der Waals surface area contributed by atoms with E-state index in [1.807, 2.05) is 0 Å². The van der Waals surface area contributed by atoms with Crippen LogP contribution in [0.15, 0.2) is 12.3 Å². The smallest absolute Gasteiger partial charge is 0.379 e. The van der Waals surface area contributed by atoms with Crippen LogP contribution in [0.5, 0.6) is 0 Å². The fourth-order valence-electron chi connectivity index (χ4n) is 1.86. The predicted octanol–water partition coefficient (Wildman–Crippen LogP) is 4.73. The van der Waals surface area contributed by atoms with Crippen LogP contribution >= 0.6 is 0 Å². The summed E-state index contributed by atoms with van der Waals surface area (Å²) in [6, 6.07) is 0. The maximum atomic E-state index is 5.89. The van der Waals surface area contributed by atoms with Gasteiger partial charge in [0.25, 0.3) is 0 Å². The highest BCUT2D eigenvalue weighted by atomic mass is 28.4. The van der Waals surface area contributed by atoms with Crippen molar-refractivity contribution in [3.63, 3.8) is 0 Å². The van der Waals surface area contributed by atoms with Gasteiger partial charge in [0.2, 0.25) is 0 Å². The third kappa shape index (κ3) is 14.9. The van der Waals surface area contributed by atoms with Gasteiger partial charge in [-0.15, -0.1) is 0 Å². The fraction of sp³-hybridized carbons (Fsp3) is 0.850. The molecule has 6 heteroatoms. The molecule has 1 unspecified atom stereocenters. The monoisotopic (exact) mass is 389 g/mol. The van der Waals surface area contributed by atoms with Crippen molar-refractivity contribution in [3.8, 4) is 0 Å². The van der Waals surface area contributed by atoms with Gasteiger partial charge in [-0.3, -0.25) is 0 Å². The molecule has 0 aromatic heterocycles. The van der Waals surface area contributed by atoms with E-state index >= 15 is 0 Å². The highest BCUT2D eigenvalue weighted by Gasteiger charge is 2.37. The Kier molecular flexibility index (Phi) is 18.0. The van der Waals surface area contributed by atoms with Crippen LogP contribution < -0.4 is 0 Å². The standard InChI is InChI=1S/C14H30O3Si.C6H11O2/c1-5-9-12-15-18(8-4,16-13-10-6-2)17-14-11-7-3;1-2-3-7-4-6-5-8-6/h8H,4-7,9-14H2,1-3H3;6H,1-5H2. The van der Waals surface area contributed by atoms with E-state index in [1.165, 1.54) is 0 Å². The molecule has 0 aromatic carbocycles. The second kappa shape index (κ2) is 18.1. The van der Waals surface area contributed by atoms with E-state index < -0.39 is 8.80 Å². The first-order valence-electron chi connectivity index (χ1n) is 10.2. The third-order valence-corrected chi connectivity index (χ3v) is 5.97. The van der Waals surface area contributed by atoms with Crippen LogP contribution in [-0.4, -0.2) is 54.5 Å². The first kappa shape index (κ1) is 25.8. The summed E-state index contributed by atoms with van der Waals surface area (Å²) in [6.07, 6.45) is 7.72.